The molecule has 0 unspecified atom stereocenters. The van der Waals surface area contributed by atoms with Gasteiger partial charge in [-0.3, -0.25) is 0 Å². The summed E-state index contributed by atoms with van der Waals surface area (Å²) in [4.78, 5) is 2.44. The minimum Gasteiger partial charge on any atom is -0.382 e. The van der Waals surface area contributed by atoms with Crippen molar-refractivity contribution in [2.45, 2.75) is 63.2 Å². The number of piperidine rings is 1. The number of likely N-dealkylation sites (tertiary alicyclic amines) is 1. The first-order valence-electron chi connectivity index (χ1n) is 11.4. The van der Waals surface area contributed by atoms with E-state index in [-0.39, 0.29) is 24.5 Å². The van der Waals surface area contributed by atoms with Gasteiger partial charge in [0.25, 0.3) is 10.2 Å². The third-order valence-electron chi connectivity index (χ3n) is 6.64. The van der Waals surface area contributed by atoms with Crippen LogP contribution in [0, 0.1) is 5.92 Å². The molecule has 33 heavy (non-hydrogen) atoms. The number of nitrogens with one attached hydrogen (secondary N) is 2. The Hall–Kier alpha value is -1.07. The second-order valence-corrected chi connectivity index (χ2v) is 11.2. The van der Waals surface area contributed by atoms with Crippen LogP contribution in [0.3, 0.4) is 0 Å². The van der Waals surface area contributed by atoms with Crippen LogP contribution in [0.1, 0.15) is 50.5 Å². The van der Waals surface area contributed by atoms with Gasteiger partial charge < -0.3 is 10.2 Å². The maximum absolute atomic E-state index is 12.9. The van der Waals surface area contributed by atoms with Gasteiger partial charge in [0, 0.05) is 45.0 Å². The Kier molecular flexibility index (Phi) is 10.3. The molecule has 190 valence electrons. The first-order valence-corrected chi connectivity index (χ1v) is 12.8. The lowest BCUT2D eigenvalue weighted by Gasteiger charge is -2.35. The van der Waals surface area contributed by atoms with Crippen LogP contribution in [0.4, 0.5) is 18.9 Å². The quantitative estimate of drug-likeness (QED) is 0.543. The molecule has 1 saturated carbocycles. The van der Waals surface area contributed by atoms with E-state index < -0.39 is 21.9 Å². The van der Waals surface area contributed by atoms with Crippen LogP contribution in [0.25, 0.3) is 0 Å². The molecule has 0 spiro atoms. The predicted octanol–water partition coefficient (Wildman–Crippen LogP) is 4.35. The Morgan fingerprint density at radius 1 is 1.03 bits per heavy atom. The van der Waals surface area contributed by atoms with Gasteiger partial charge in [-0.15, -0.1) is 12.4 Å². The summed E-state index contributed by atoms with van der Waals surface area (Å²) in [6, 6.07) is 5.63. The molecule has 2 N–H and O–H groups in total. The van der Waals surface area contributed by atoms with Crippen molar-refractivity contribution < 1.29 is 21.6 Å². The molecule has 2 aliphatic rings. The van der Waals surface area contributed by atoms with Crippen LogP contribution in [-0.4, -0.2) is 63.4 Å². The number of nitrogens with zero attached hydrogens (tertiary/aromatic N) is 2. The standard InChI is InChI=1S/C22H35F3N4O2S.ClH/c1-28(2)32(30,31)27-20-8-6-17(7-9-20)10-13-29-14-11-19(12-15-29)26-21-5-3-4-18(16-21)22(23,24)25;/h3-5,16-17,19-20,26-27H,6-15H2,1-2H3;1H/t17-,20-;. The van der Waals surface area contributed by atoms with Gasteiger partial charge in [-0.25, -0.2) is 0 Å². The van der Waals surface area contributed by atoms with E-state index >= 15 is 0 Å². The fourth-order valence-electron chi connectivity index (χ4n) is 4.57. The normalized spacial score (nSPS) is 23.3. The van der Waals surface area contributed by atoms with E-state index in [9.17, 15) is 21.6 Å². The van der Waals surface area contributed by atoms with Gasteiger partial charge in [0.2, 0.25) is 0 Å². The van der Waals surface area contributed by atoms with Crippen LogP contribution in [0.15, 0.2) is 24.3 Å². The van der Waals surface area contributed by atoms with Gasteiger partial charge in [0.05, 0.1) is 5.56 Å². The molecule has 0 atom stereocenters. The van der Waals surface area contributed by atoms with E-state index in [1.54, 1.807) is 6.07 Å². The highest BCUT2D eigenvalue weighted by Crippen LogP contribution is 2.31. The van der Waals surface area contributed by atoms with Crippen molar-refractivity contribution in [3.63, 3.8) is 0 Å². The molecule has 1 saturated heterocycles. The van der Waals surface area contributed by atoms with Crippen LogP contribution < -0.4 is 10.0 Å². The Labute approximate surface area is 201 Å². The fraction of sp³-hybridized carbons (Fsp3) is 0.727. The highest BCUT2D eigenvalue weighted by atomic mass is 35.5. The second-order valence-electron chi connectivity index (χ2n) is 9.25. The molecule has 1 aromatic rings. The van der Waals surface area contributed by atoms with Gasteiger partial charge >= 0.3 is 6.18 Å². The molecule has 6 nitrogen and oxygen atoms in total. The largest absolute Gasteiger partial charge is 0.416 e. The van der Waals surface area contributed by atoms with E-state index in [1.807, 2.05) is 0 Å². The Balaban J connectivity index is 0.00000385. The third kappa shape index (κ3) is 8.58. The Bertz CT molecular complexity index is 838. The van der Waals surface area contributed by atoms with Crippen molar-refractivity contribution in [2.75, 3.05) is 39.0 Å². The van der Waals surface area contributed by atoms with Crippen molar-refractivity contribution in [2.24, 2.45) is 5.92 Å². The summed E-state index contributed by atoms with van der Waals surface area (Å²) in [5, 5.41) is 3.26. The molecule has 1 aliphatic heterocycles. The SMILES string of the molecule is CN(C)S(=O)(=O)N[C@H]1CC[C@H](CCN2CCC(Nc3cccc(C(F)(F)F)c3)CC2)CC1.Cl. The summed E-state index contributed by atoms with van der Waals surface area (Å²) in [5.74, 6) is 0.621. The molecular formula is C22H36ClF3N4O2S. The van der Waals surface area contributed by atoms with Crippen LogP contribution in [0.2, 0.25) is 0 Å². The monoisotopic (exact) mass is 512 g/mol. The summed E-state index contributed by atoms with van der Waals surface area (Å²) in [6.07, 6.45) is 2.43. The number of hydrogen-bond acceptors (Lipinski definition) is 4. The minimum absolute atomic E-state index is 0. The van der Waals surface area contributed by atoms with Gasteiger partial charge in [-0.2, -0.15) is 30.6 Å². The first kappa shape index (κ1) is 28.2. The molecule has 1 heterocycles. The van der Waals surface area contributed by atoms with Crippen LogP contribution in [0.5, 0.6) is 0 Å². The van der Waals surface area contributed by atoms with Crippen molar-refractivity contribution in [1.82, 2.24) is 13.9 Å². The summed E-state index contributed by atoms with van der Waals surface area (Å²) in [7, 11) is -0.301. The molecule has 0 amide bonds. The van der Waals surface area contributed by atoms with Gasteiger partial charge in [0.15, 0.2) is 0 Å². The number of alkyl halides is 3. The summed E-state index contributed by atoms with van der Waals surface area (Å²) in [5.41, 5.74) is -0.0934. The van der Waals surface area contributed by atoms with Crippen molar-refractivity contribution in [1.29, 1.82) is 0 Å². The Morgan fingerprint density at radius 3 is 2.24 bits per heavy atom. The topological polar surface area (TPSA) is 64.7 Å². The average molecular weight is 513 g/mol. The zero-order valence-corrected chi connectivity index (χ0v) is 20.9. The molecule has 0 radical (unpaired) electrons. The number of halogens is 4. The molecule has 3 rings (SSSR count). The lowest BCUT2D eigenvalue weighted by Crippen LogP contribution is -2.44. The Morgan fingerprint density at radius 2 is 1.67 bits per heavy atom. The average Bonchev–Trinajstić information content (AvgIpc) is 2.73. The van der Waals surface area contributed by atoms with Gasteiger partial charge in [0.1, 0.15) is 0 Å². The van der Waals surface area contributed by atoms with E-state index in [1.165, 1.54) is 30.5 Å². The zero-order chi connectivity index (χ0) is 23.4. The minimum atomic E-state index is -4.32. The number of hydrogen-bond donors (Lipinski definition) is 2. The number of benzene rings is 1. The molecule has 1 aliphatic carbocycles. The molecule has 1 aromatic carbocycles. The van der Waals surface area contributed by atoms with E-state index in [0.717, 1.165) is 70.6 Å². The van der Waals surface area contributed by atoms with Crippen molar-refractivity contribution in [3.05, 3.63) is 29.8 Å². The summed E-state index contributed by atoms with van der Waals surface area (Å²) >= 11 is 0. The molecule has 2 fully saturated rings. The van der Waals surface area contributed by atoms with E-state index in [4.69, 9.17) is 0 Å². The smallest absolute Gasteiger partial charge is 0.382 e. The maximum atomic E-state index is 12.9. The van der Waals surface area contributed by atoms with Crippen molar-refractivity contribution in [3.8, 4) is 0 Å². The van der Waals surface area contributed by atoms with E-state index in [2.05, 4.69) is 14.9 Å². The van der Waals surface area contributed by atoms with Crippen molar-refractivity contribution >= 4 is 28.3 Å². The number of anilines is 1. The second kappa shape index (κ2) is 12.1. The summed E-state index contributed by atoms with van der Waals surface area (Å²) < 4.78 is 66.6. The zero-order valence-electron chi connectivity index (χ0n) is 19.3. The van der Waals surface area contributed by atoms with Gasteiger partial charge in [-0.05, 0) is 75.6 Å². The van der Waals surface area contributed by atoms with Crippen LogP contribution >= 0.6 is 12.4 Å². The van der Waals surface area contributed by atoms with Gasteiger partial charge in [-0.1, -0.05) is 6.07 Å². The lowest BCUT2D eigenvalue weighted by molar-refractivity contribution is -0.137. The first-order chi connectivity index (χ1) is 15.0. The highest BCUT2D eigenvalue weighted by Gasteiger charge is 2.31. The van der Waals surface area contributed by atoms with Crippen LogP contribution in [-0.2, 0) is 16.4 Å². The maximum Gasteiger partial charge on any atom is 0.416 e. The third-order valence-corrected chi connectivity index (χ3v) is 8.24. The lowest BCUT2D eigenvalue weighted by atomic mass is 9.84. The number of rotatable bonds is 8. The van der Waals surface area contributed by atoms with E-state index in [0.29, 0.717) is 11.6 Å². The highest BCUT2D eigenvalue weighted by molar-refractivity contribution is 7.87. The molecule has 0 aromatic heterocycles. The fourth-order valence-corrected chi connectivity index (χ4v) is 5.44. The predicted molar refractivity (Wildman–Crippen MR) is 128 cm³/mol. The summed E-state index contributed by atoms with van der Waals surface area (Å²) in [6.45, 7) is 2.90. The molecule has 0 bridgehead atoms. The molecule has 11 heteroatoms. The molecular weight excluding hydrogens is 477 g/mol.